The van der Waals surface area contributed by atoms with Crippen LogP contribution in [0.4, 0.5) is 4.39 Å². The Balaban J connectivity index is 1.75. The molecule has 1 heterocycles. The first-order chi connectivity index (χ1) is 10.2. The van der Waals surface area contributed by atoms with E-state index in [-0.39, 0.29) is 18.4 Å². The van der Waals surface area contributed by atoms with Crippen LogP contribution < -0.4 is 10.1 Å². The van der Waals surface area contributed by atoms with Crippen molar-refractivity contribution in [2.45, 2.75) is 19.1 Å². The lowest BCUT2D eigenvalue weighted by molar-refractivity contribution is 0.102. The maximum atomic E-state index is 13.3. The third-order valence-corrected chi connectivity index (χ3v) is 3.11. The van der Waals surface area contributed by atoms with Crippen molar-refractivity contribution in [3.05, 3.63) is 60.2 Å². The summed E-state index contributed by atoms with van der Waals surface area (Å²) in [5.74, 6) is -0.279. The van der Waals surface area contributed by atoms with Crippen molar-refractivity contribution in [1.82, 2.24) is 10.3 Å². The van der Waals surface area contributed by atoms with Crippen LogP contribution in [0.2, 0.25) is 0 Å². The Labute approximate surface area is 123 Å². The average Bonchev–Trinajstić information content (AvgIpc) is 2.52. The summed E-state index contributed by atoms with van der Waals surface area (Å²) in [5, 5.41) is 13.1. The summed E-state index contributed by atoms with van der Waals surface area (Å²) in [7, 11) is 0. The summed E-state index contributed by atoms with van der Waals surface area (Å²) < 4.78 is 18.6. The molecule has 0 radical (unpaired) electrons. The second kappa shape index (κ2) is 7.71. The van der Waals surface area contributed by atoms with E-state index in [4.69, 9.17) is 4.74 Å². The Morgan fingerprint density at radius 3 is 2.81 bits per heavy atom. The molecule has 0 fully saturated rings. The molecule has 0 saturated carbocycles. The van der Waals surface area contributed by atoms with Crippen LogP contribution in [0, 0.1) is 5.82 Å². The molecule has 4 nitrogen and oxygen atoms in total. The number of hydrogen-bond acceptors (Lipinski definition) is 4. The zero-order valence-electron chi connectivity index (χ0n) is 11.9. The van der Waals surface area contributed by atoms with Gasteiger partial charge in [-0.1, -0.05) is 18.2 Å². The van der Waals surface area contributed by atoms with Crippen LogP contribution in [0.15, 0.2) is 48.8 Å². The number of ether oxygens (including phenoxy) is 1. The smallest absolute Gasteiger partial charge is 0.165 e. The van der Waals surface area contributed by atoms with Gasteiger partial charge in [0, 0.05) is 25.0 Å². The Hall–Kier alpha value is -1.98. The molecule has 1 aromatic carbocycles. The highest BCUT2D eigenvalue weighted by Crippen LogP contribution is 2.15. The molecule has 2 rings (SSSR count). The second-order valence-corrected chi connectivity index (χ2v) is 4.81. The highest BCUT2D eigenvalue weighted by atomic mass is 19.1. The van der Waals surface area contributed by atoms with Crippen LogP contribution in [0.5, 0.6) is 5.75 Å². The fourth-order valence-corrected chi connectivity index (χ4v) is 1.87. The van der Waals surface area contributed by atoms with Gasteiger partial charge in [-0.3, -0.25) is 4.98 Å². The van der Waals surface area contributed by atoms with Gasteiger partial charge in [-0.25, -0.2) is 4.39 Å². The Kier molecular flexibility index (Phi) is 5.66. The largest absolute Gasteiger partial charge is 0.488 e. The molecule has 2 aromatic rings. The molecule has 2 atom stereocenters. The molecule has 5 heteroatoms. The number of aromatic nitrogens is 1. The van der Waals surface area contributed by atoms with Gasteiger partial charge < -0.3 is 15.2 Å². The number of nitrogens with zero attached hydrogens (tertiary/aromatic N) is 1. The van der Waals surface area contributed by atoms with Gasteiger partial charge in [0.05, 0.1) is 0 Å². The van der Waals surface area contributed by atoms with Crippen molar-refractivity contribution in [3.63, 3.8) is 0 Å². The molecule has 1 unspecified atom stereocenters. The van der Waals surface area contributed by atoms with Crippen molar-refractivity contribution < 1.29 is 14.2 Å². The second-order valence-electron chi connectivity index (χ2n) is 4.81. The van der Waals surface area contributed by atoms with Gasteiger partial charge >= 0.3 is 0 Å². The van der Waals surface area contributed by atoms with E-state index in [1.54, 1.807) is 24.5 Å². The van der Waals surface area contributed by atoms with Crippen LogP contribution in [-0.4, -0.2) is 29.3 Å². The van der Waals surface area contributed by atoms with Crippen LogP contribution in [0.25, 0.3) is 0 Å². The van der Waals surface area contributed by atoms with E-state index in [2.05, 4.69) is 10.3 Å². The third-order valence-electron chi connectivity index (χ3n) is 3.11. The molecule has 0 aliphatic carbocycles. The maximum absolute atomic E-state index is 13.3. The molecule has 0 aliphatic rings. The van der Waals surface area contributed by atoms with Crippen LogP contribution >= 0.6 is 0 Å². The molecule has 0 bridgehead atoms. The van der Waals surface area contributed by atoms with Gasteiger partial charge in [-0.2, -0.15) is 0 Å². The van der Waals surface area contributed by atoms with Crippen LogP contribution in [-0.2, 0) is 0 Å². The molecule has 21 heavy (non-hydrogen) atoms. The fraction of sp³-hybridized carbons (Fsp3) is 0.312. The number of hydrogen-bond donors (Lipinski definition) is 2. The molecule has 2 N–H and O–H groups in total. The standard InChI is InChI=1S/C16H19FN2O2/c1-12(13-5-4-8-18-9-13)19-10-14(20)11-21-16-7-3-2-6-15(16)17/h2-9,12,14,19-20H,10-11H2,1H3/t12-,14?/m1/s1. The lowest BCUT2D eigenvalue weighted by atomic mass is 10.1. The Morgan fingerprint density at radius 1 is 1.29 bits per heavy atom. The van der Waals surface area contributed by atoms with Crippen molar-refractivity contribution in [3.8, 4) is 5.75 Å². The lowest BCUT2D eigenvalue weighted by Gasteiger charge is -2.17. The summed E-state index contributed by atoms with van der Waals surface area (Å²) in [6.07, 6.45) is 2.77. The summed E-state index contributed by atoms with van der Waals surface area (Å²) in [6, 6.07) is 10.0. The average molecular weight is 290 g/mol. The predicted octanol–water partition coefficient (Wildman–Crippen LogP) is 2.31. The van der Waals surface area contributed by atoms with Gasteiger partial charge in [0.25, 0.3) is 0 Å². The highest BCUT2D eigenvalue weighted by molar-refractivity contribution is 5.23. The molecular formula is C16H19FN2O2. The summed E-state index contributed by atoms with van der Waals surface area (Å²) in [4.78, 5) is 4.05. The number of aliphatic hydroxyl groups is 1. The van der Waals surface area contributed by atoms with Gasteiger partial charge in [-0.15, -0.1) is 0 Å². The number of halogens is 1. The Morgan fingerprint density at radius 2 is 2.10 bits per heavy atom. The van der Waals surface area contributed by atoms with E-state index in [1.165, 1.54) is 12.1 Å². The topological polar surface area (TPSA) is 54.4 Å². The number of para-hydroxylation sites is 1. The fourth-order valence-electron chi connectivity index (χ4n) is 1.87. The normalized spacial score (nSPS) is 13.7. The summed E-state index contributed by atoms with van der Waals surface area (Å²) >= 11 is 0. The van der Waals surface area contributed by atoms with E-state index in [0.717, 1.165) is 5.56 Å². The lowest BCUT2D eigenvalue weighted by Crippen LogP contribution is -2.33. The van der Waals surface area contributed by atoms with E-state index in [0.29, 0.717) is 6.54 Å². The number of pyridine rings is 1. The molecule has 1 aromatic heterocycles. The van der Waals surface area contributed by atoms with Crippen molar-refractivity contribution in [1.29, 1.82) is 0 Å². The summed E-state index contributed by atoms with van der Waals surface area (Å²) in [6.45, 7) is 2.37. The quantitative estimate of drug-likeness (QED) is 0.821. The summed E-state index contributed by atoms with van der Waals surface area (Å²) in [5.41, 5.74) is 1.04. The van der Waals surface area contributed by atoms with Crippen molar-refractivity contribution in [2.24, 2.45) is 0 Å². The number of aliphatic hydroxyl groups excluding tert-OH is 1. The zero-order valence-corrected chi connectivity index (χ0v) is 11.9. The molecule has 0 amide bonds. The van der Waals surface area contributed by atoms with E-state index < -0.39 is 11.9 Å². The number of nitrogens with one attached hydrogen (secondary N) is 1. The van der Waals surface area contributed by atoms with Gasteiger partial charge in [0.1, 0.15) is 12.7 Å². The first-order valence-corrected chi connectivity index (χ1v) is 6.85. The van der Waals surface area contributed by atoms with Gasteiger partial charge in [0.2, 0.25) is 0 Å². The SMILES string of the molecule is C[C@@H](NCC(O)COc1ccccc1F)c1cccnc1. The minimum atomic E-state index is -0.719. The van der Waals surface area contributed by atoms with Crippen molar-refractivity contribution in [2.75, 3.05) is 13.2 Å². The first-order valence-electron chi connectivity index (χ1n) is 6.85. The van der Waals surface area contributed by atoms with E-state index in [1.807, 2.05) is 19.1 Å². The predicted molar refractivity (Wildman–Crippen MR) is 78.6 cm³/mol. The van der Waals surface area contributed by atoms with Crippen molar-refractivity contribution >= 4 is 0 Å². The van der Waals surface area contributed by atoms with Crippen LogP contribution in [0.3, 0.4) is 0 Å². The first kappa shape index (κ1) is 15.4. The molecule has 0 aliphatic heterocycles. The number of rotatable bonds is 7. The molecule has 0 spiro atoms. The highest BCUT2D eigenvalue weighted by Gasteiger charge is 2.10. The van der Waals surface area contributed by atoms with Gasteiger partial charge in [-0.05, 0) is 30.7 Å². The minimum absolute atomic E-state index is 0.0354. The minimum Gasteiger partial charge on any atom is -0.488 e. The van der Waals surface area contributed by atoms with E-state index >= 15 is 0 Å². The van der Waals surface area contributed by atoms with Crippen LogP contribution in [0.1, 0.15) is 18.5 Å². The molecule has 112 valence electrons. The molecular weight excluding hydrogens is 271 g/mol. The number of benzene rings is 1. The van der Waals surface area contributed by atoms with Gasteiger partial charge in [0.15, 0.2) is 11.6 Å². The van der Waals surface area contributed by atoms with E-state index in [9.17, 15) is 9.50 Å². The molecule has 0 saturated heterocycles. The monoisotopic (exact) mass is 290 g/mol. The Bertz CT molecular complexity index is 551. The third kappa shape index (κ3) is 4.81. The zero-order chi connectivity index (χ0) is 15.1. The maximum Gasteiger partial charge on any atom is 0.165 e.